The van der Waals surface area contributed by atoms with Crippen molar-refractivity contribution in [2.75, 3.05) is 0 Å². The molecule has 0 amide bonds. The molecule has 0 aromatic carbocycles. The van der Waals surface area contributed by atoms with Crippen LogP contribution in [0, 0.1) is 5.92 Å². The van der Waals surface area contributed by atoms with Crippen LogP contribution < -0.4 is 0 Å². The van der Waals surface area contributed by atoms with Crippen LogP contribution in [0.15, 0.2) is 11.6 Å². The lowest BCUT2D eigenvalue weighted by molar-refractivity contribution is -0.132. The largest absolute Gasteiger partial charge is 0.478 e. The smallest absolute Gasteiger partial charge is 0.330 e. The number of rotatable bonds is 20. The Bertz CT molecular complexity index is 359. The summed E-state index contributed by atoms with van der Waals surface area (Å²) in [4.78, 5) is 11.0. The maximum atomic E-state index is 11.0. The fraction of sp³-hybridized carbons (Fsp3) is 0.880. The van der Waals surface area contributed by atoms with Crippen molar-refractivity contribution < 1.29 is 9.90 Å². The second kappa shape index (κ2) is 20.0. The van der Waals surface area contributed by atoms with Gasteiger partial charge in [0.1, 0.15) is 0 Å². The molecule has 0 saturated heterocycles. The van der Waals surface area contributed by atoms with E-state index in [2.05, 4.69) is 13.8 Å². The number of allylic oxidation sites excluding steroid dienone is 1. The van der Waals surface area contributed by atoms with Gasteiger partial charge in [-0.05, 0) is 25.7 Å². The van der Waals surface area contributed by atoms with Gasteiger partial charge in [0.25, 0.3) is 0 Å². The fourth-order valence-electron chi connectivity index (χ4n) is 3.80. The molecule has 0 fully saturated rings. The highest BCUT2D eigenvalue weighted by atomic mass is 16.4. The predicted octanol–water partition coefficient (Wildman–Crippen LogP) is 8.70. The Morgan fingerprint density at radius 3 is 1.44 bits per heavy atom. The van der Waals surface area contributed by atoms with Crippen LogP contribution in [0.4, 0.5) is 0 Å². The highest BCUT2D eigenvalue weighted by Gasteiger charge is 2.08. The quantitative estimate of drug-likeness (QED) is 0.169. The van der Waals surface area contributed by atoms with Crippen LogP contribution in [0.25, 0.3) is 0 Å². The lowest BCUT2D eigenvalue weighted by Crippen LogP contribution is -2.03. The van der Waals surface area contributed by atoms with E-state index in [1.54, 1.807) is 6.92 Å². The van der Waals surface area contributed by atoms with Crippen molar-refractivity contribution in [2.45, 2.75) is 136 Å². The molecule has 0 aromatic rings. The van der Waals surface area contributed by atoms with Crippen molar-refractivity contribution in [1.29, 1.82) is 0 Å². The molecular formula is C25H48O2. The van der Waals surface area contributed by atoms with Gasteiger partial charge in [0.15, 0.2) is 0 Å². The maximum Gasteiger partial charge on any atom is 0.330 e. The average Bonchev–Trinajstić information content (AvgIpc) is 2.65. The first-order valence-electron chi connectivity index (χ1n) is 12.0. The third-order valence-corrected chi connectivity index (χ3v) is 5.68. The molecular weight excluding hydrogens is 332 g/mol. The standard InChI is InChI=1S/C25H48O2/c1-4-6-8-9-10-11-12-13-14-15-16-17-18-19-21-24(20-7-5-2)22-23(3)25(26)27/h22,24H,4-21H2,1-3H3,(H,26,27). The van der Waals surface area contributed by atoms with Crippen LogP contribution in [-0.4, -0.2) is 11.1 Å². The normalized spacial score (nSPS) is 13.1. The van der Waals surface area contributed by atoms with E-state index in [9.17, 15) is 4.79 Å². The van der Waals surface area contributed by atoms with E-state index in [4.69, 9.17) is 5.11 Å². The fourth-order valence-corrected chi connectivity index (χ4v) is 3.80. The van der Waals surface area contributed by atoms with Crippen molar-refractivity contribution in [3.63, 3.8) is 0 Å². The van der Waals surface area contributed by atoms with Crippen LogP contribution in [0.3, 0.4) is 0 Å². The van der Waals surface area contributed by atoms with Gasteiger partial charge in [-0.3, -0.25) is 0 Å². The lowest BCUT2D eigenvalue weighted by Gasteiger charge is -2.13. The summed E-state index contributed by atoms with van der Waals surface area (Å²) in [5.74, 6) is -0.309. The van der Waals surface area contributed by atoms with Gasteiger partial charge in [-0.1, -0.05) is 123 Å². The minimum absolute atomic E-state index is 0.457. The maximum absolute atomic E-state index is 11.0. The van der Waals surface area contributed by atoms with Crippen LogP contribution in [-0.2, 0) is 4.79 Å². The van der Waals surface area contributed by atoms with Crippen LogP contribution >= 0.6 is 0 Å². The van der Waals surface area contributed by atoms with E-state index in [-0.39, 0.29) is 0 Å². The zero-order chi connectivity index (χ0) is 20.2. The molecule has 0 heterocycles. The second-order valence-electron chi connectivity index (χ2n) is 8.44. The molecule has 0 aliphatic carbocycles. The monoisotopic (exact) mass is 380 g/mol. The van der Waals surface area contributed by atoms with Crippen molar-refractivity contribution in [3.8, 4) is 0 Å². The van der Waals surface area contributed by atoms with Crippen LogP contribution in [0.2, 0.25) is 0 Å². The van der Waals surface area contributed by atoms with E-state index < -0.39 is 5.97 Å². The summed E-state index contributed by atoms with van der Waals surface area (Å²) < 4.78 is 0. The van der Waals surface area contributed by atoms with E-state index in [0.29, 0.717) is 11.5 Å². The zero-order valence-electron chi connectivity index (χ0n) is 18.7. The van der Waals surface area contributed by atoms with Crippen LogP contribution in [0.1, 0.15) is 136 Å². The van der Waals surface area contributed by atoms with Gasteiger partial charge in [-0.2, -0.15) is 0 Å². The molecule has 0 aliphatic rings. The first kappa shape index (κ1) is 26.2. The Kier molecular flexibility index (Phi) is 19.4. The summed E-state index contributed by atoms with van der Waals surface area (Å²) in [6.07, 6.45) is 26.1. The molecule has 0 bridgehead atoms. The summed E-state index contributed by atoms with van der Waals surface area (Å²) in [6, 6.07) is 0. The molecule has 1 unspecified atom stereocenters. The van der Waals surface area contributed by atoms with Gasteiger partial charge in [0.05, 0.1) is 0 Å². The van der Waals surface area contributed by atoms with Crippen LogP contribution in [0.5, 0.6) is 0 Å². The molecule has 0 aromatic heterocycles. The minimum Gasteiger partial charge on any atom is -0.478 e. The molecule has 0 saturated carbocycles. The first-order chi connectivity index (χ1) is 13.1. The summed E-state index contributed by atoms with van der Waals surface area (Å²) in [5, 5.41) is 9.08. The Labute approximate surface area is 170 Å². The van der Waals surface area contributed by atoms with Crippen molar-refractivity contribution in [2.24, 2.45) is 5.92 Å². The number of carboxylic acids is 1. The highest BCUT2D eigenvalue weighted by molar-refractivity contribution is 5.85. The molecule has 2 nitrogen and oxygen atoms in total. The Balaban J connectivity index is 3.56. The highest BCUT2D eigenvalue weighted by Crippen LogP contribution is 2.21. The topological polar surface area (TPSA) is 37.3 Å². The van der Waals surface area contributed by atoms with Gasteiger partial charge in [-0.15, -0.1) is 0 Å². The van der Waals surface area contributed by atoms with Gasteiger partial charge < -0.3 is 5.11 Å². The summed E-state index contributed by atoms with van der Waals surface area (Å²) >= 11 is 0. The van der Waals surface area contributed by atoms with E-state index in [1.165, 1.54) is 103 Å². The average molecular weight is 381 g/mol. The molecule has 1 atom stereocenters. The SMILES string of the molecule is CCCCCCCCCCCCCCCCC(C=C(C)C(=O)O)CCCC. The van der Waals surface area contributed by atoms with E-state index in [1.807, 2.05) is 6.08 Å². The van der Waals surface area contributed by atoms with Gasteiger partial charge in [-0.25, -0.2) is 4.79 Å². The third-order valence-electron chi connectivity index (χ3n) is 5.68. The predicted molar refractivity (Wildman–Crippen MR) is 119 cm³/mol. The Hall–Kier alpha value is -0.790. The van der Waals surface area contributed by atoms with Crippen molar-refractivity contribution >= 4 is 5.97 Å². The molecule has 0 spiro atoms. The second-order valence-corrected chi connectivity index (χ2v) is 8.44. The molecule has 0 radical (unpaired) electrons. The number of aliphatic carboxylic acids is 1. The number of hydrogen-bond donors (Lipinski definition) is 1. The number of carboxylic acid groups (broad SMARTS) is 1. The van der Waals surface area contributed by atoms with Crippen molar-refractivity contribution in [1.82, 2.24) is 0 Å². The first-order valence-corrected chi connectivity index (χ1v) is 12.0. The zero-order valence-corrected chi connectivity index (χ0v) is 18.7. The Morgan fingerprint density at radius 2 is 1.04 bits per heavy atom. The van der Waals surface area contributed by atoms with Crippen molar-refractivity contribution in [3.05, 3.63) is 11.6 Å². The summed E-state index contributed by atoms with van der Waals surface area (Å²) in [5.41, 5.74) is 0.515. The third kappa shape index (κ3) is 18.3. The molecule has 160 valence electrons. The van der Waals surface area contributed by atoms with Gasteiger partial charge in [0.2, 0.25) is 0 Å². The lowest BCUT2D eigenvalue weighted by atomic mass is 9.93. The number of hydrogen-bond acceptors (Lipinski definition) is 1. The summed E-state index contributed by atoms with van der Waals surface area (Å²) in [6.45, 7) is 6.21. The van der Waals surface area contributed by atoms with E-state index >= 15 is 0 Å². The molecule has 27 heavy (non-hydrogen) atoms. The van der Waals surface area contributed by atoms with E-state index in [0.717, 1.165) is 12.8 Å². The molecule has 0 rings (SSSR count). The number of unbranched alkanes of at least 4 members (excludes halogenated alkanes) is 14. The van der Waals surface area contributed by atoms with Gasteiger partial charge in [0, 0.05) is 5.57 Å². The Morgan fingerprint density at radius 1 is 0.667 bits per heavy atom. The minimum atomic E-state index is -0.766. The molecule has 0 aliphatic heterocycles. The molecule has 1 N–H and O–H groups in total. The number of carbonyl (C=O) groups is 1. The summed E-state index contributed by atoms with van der Waals surface area (Å²) in [7, 11) is 0. The van der Waals surface area contributed by atoms with Gasteiger partial charge >= 0.3 is 5.97 Å². The molecule has 2 heteroatoms.